The number of hydrogen-bond donors (Lipinski definition) is 8. The van der Waals surface area contributed by atoms with Crippen molar-refractivity contribution in [3.63, 3.8) is 0 Å². The van der Waals surface area contributed by atoms with Gasteiger partial charge in [0.2, 0.25) is 0 Å². The van der Waals surface area contributed by atoms with Gasteiger partial charge in [0.1, 0.15) is 48.2 Å². The van der Waals surface area contributed by atoms with Gasteiger partial charge >= 0.3 is 50.7 Å². The summed E-state index contributed by atoms with van der Waals surface area (Å²) in [5.41, 5.74) is -2.03. The van der Waals surface area contributed by atoms with Crippen LogP contribution in [0.3, 0.4) is 0 Å². The fourth-order valence-corrected chi connectivity index (χ4v) is 7.30. The van der Waals surface area contributed by atoms with E-state index in [1.807, 2.05) is 0 Å². The molecule has 8 N–H and O–H groups in total. The van der Waals surface area contributed by atoms with Gasteiger partial charge in [0.25, 0.3) is 0 Å². The molecule has 43 heavy (non-hydrogen) atoms. The molecule has 2 saturated heterocycles. The molecular weight excluding hydrogens is 737 g/mol. The standard InChI is InChI=1S/C12H22O25S6/c13-1-3-7(5(14)6(15)12(33-3)38-43(28,29)30)34-11-10(37-42(25,26)27)9(36-41(22,23)24)8(35-40(19,20)21)4(32-11)2-31-39(16,17)18/h3-15H,1-2H2,(H,16,17,18)(H,19,20,21)(H,22,23,24)(H,25,26,27)(H,28,29,30)/t3-,4-,5-,6-,7-,8-,9+,10-,11-,12+/m1/s1. The van der Waals surface area contributed by atoms with Crippen molar-refractivity contribution in [3.8, 4) is 0 Å². The minimum Gasteiger partial charge on any atom is -0.394 e. The maximum Gasteiger partial charge on any atom is 0.397 e. The molecule has 31 heteroatoms. The van der Waals surface area contributed by atoms with E-state index in [0.29, 0.717) is 0 Å². The second-order valence-corrected chi connectivity index (χ2v) is 15.6. The Kier molecular flexibility index (Phi) is 12.7. The molecule has 0 aromatic rings. The lowest BCUT2D eigenvalue weighted by molar-refractivity contribution is -0.329. The van der Waals surface area contributed by atoms with Crippen molar-refractivity contribution in [2.75, 3.05) is 13.2 Å². The SMILES string of the molecule is O=S(=O)(O)OC[C@H]1O[C@H](O[C@H]2[C@H](O)[C@@H](O)[C@H](SS(=O)(=O)O)O[C@@H]2CO)[C@H](OS(=O)(=O)O)[C@@H](OS(=O)(=O)O)[C@@H]1OS(=O)(=O)O. The summed E-state index contributed by atoms with van der Waals surface area (Å²) in [6.07, 6.45) is -22.8. The van der Waals surface area contributed by atoms with E-state index in [1.54, 1.807) is 0 Å². The molecule has 2 fully saturated rings. The van der Waals surface area contributed by atoms with Gasteiger partial charge in [0.05, 0.1) is 13.2 Å². The molecule has 25 nitrogen and oxygen atoms in total. The second-order valence-electron chi connectivity index (χ2n) is 8.05. The molecule has 2 heterocycles. The Morgan fingerprint density at radius 3 is 1.53 bits per heavy atom. The number of aliphatic hydroxyl groups is 3. The zero-order valence-electron chi connectivity index (χ0n) is 20.2. The zero-order chi connectivity index (χ0) is 33.3. The highest BCUT2D eigenvalue weighted by molar-refractivity contribution is 8.70. The van der Waals surface area contributed by atoms with E-state index >= 15 is 0 Å². The molecule has 0 aromatic heterocycles. The molecule has 0 bridgehead atoms. The van der Waals surface area contributed by atoms with Crippen molar-refractivity contribution in [1.29, 1.82) is 0 Å². The quantitative estimate of drug-likeness (QED) is 0.0604. The summed E-state index contributed by atoms with van der Waals surface area (Å²) >= 11 is 0. The lowest BCUT2D eigenvalue weighted by atomic mass is 9.97. The topological polar surface area (TPSA) is 397 Å². The van der Waals surface area contributed by atoms with Gasteiger partial charge in [-0.3, -0.25) is 22.8 Å². The maximum absolute atomic E-state index is 11.6. The first-order chi connectivity index (χ1) is 19.2. The Labute approximate surface area is 245 Å². The Morgan fingerprint density at radius 1 is 0.605 bits per heavy atom. The van der Waals surface area contributed by atoms with Gasteiger partial charge in [-0.1, -0.05) is 0 Å². The first kappa shape index (κ1) is 38.7. The van der Waals surface area contributed by atoms with Crippen molar-refractivity contribution >= 4 is 61.5 Å². The van der Waals surface area contributed by atoms with E-state index in [4.69, 9.17) is 27.9 Å². The maximum atomic E-state index is 11.6. The Balaban J connectivity index is 2.64. The van der Waals surface area contributed by atoms with Crippen LogP contribution in [0, 0.1) is 0 Å². The highest BCUT2D eigenvalue weighted by Crippen LogP contribution is 2.37. The van der Waals surface area contributed by atoms with E-state index in [2.05, 4.69) is 16.7 Å². The first-order valence-corrected chi connectivity index (χ1v) is 18.7. The molecule has 2 rings (SSSR count). The van der Waals surface area contributed by atoms with E-state index < -0.39 is 135 Å². The van der Waals surface area contributed by atoms with Crippen LogP contribution >= 0.6 is 10.8 Å². The van der Waals surface area contributed by atoms with Crippen LogP contribution in [0.2, 0.25) is 0 Å². The number of ether oxygens (including phenoxy) is 3. The van der Waals surface area contributed by atoms with Crippen molar-refractivity contribution in [3.05, 3.63) is 0 Å². The monoisotopic (exact) mass is 758 g/mol. The summed E-state index contributed by atoms with van der Waals surface area (Å²) in [5, 5.41) is 30.5. The lowest BCUT2D eigenvalue weighted by Crippen LogP contribution is -2.66. The molecule has 0 unspecified atom stereocenters. The molecule has 0 radical (unpaired) electrons. The van der Waals surface area contributed by atoms with Gasteiger partial charge in [-0.2, -0.15) is 42.1 Å². The predicted molar refractivity (Wildman–Crippen MR) is 127 cm³/mol. The van der Waals surface area contributed by atoms with Gasteiger partial charge in [0, 0.05) is 10.8 Å². The third-order valence-corrected chi connectivity index (χ3v) is 8.95. The van der Waals surface area contributed by atoms with E-state index in [9.17, 15) is 66.5 Å². The number of rotatable bonds is 14. The second kappa shape index (κ2) is 14.1. The van der Waals surface area contributed by atoms with Gasteiger partial charge in [-0.15, -0.1) is 0 Å². The molecule has 0 amide bonds. The summed E-state index contributed by atoms with van der Waals surface area (Å²) in [7, 11) is -28.3. The molecule has 256 valence electrons. The molecular formula is C12H22O25S6. The van der Waals surface area contributed by atoms with E-state index in [0.717, 1.165) is 0 Å². The summed E-state index contributed by atoms with van der Waals surface area (Å²) in [5.74, 6) is 0. The van der Waals surface area contributed by atoms with Gasteiger partial charge in [0.15, 0.2) is 12.4 Å². The van der Waals surface area contributed by atoms with Gasteiger partial charge < -0.3 is 29.5 Å². The van der Waals surface area contributed by atoms with Crippen molar-refractivity contribution in [2.45, 2.75) is 60.6 Å². The van der Waals surface area contributed by atoms with Gasteiger partial charge in [-0.25, -0.2) is 16.7 Å². The van der Waals surface area contributed by atoms with Crippen molar-refractivity contribution in [2.24, 2.45) is 0 Å². The minimum atomic E-state index is -5.85. The third kappa shape index (κ3) is 12.7. The van der Waals surface area contributed by atoms with Crippen LogP contribution in [0.1, 0.15) is 0 Å². The van der Waals surface area contributed by atoms with Crippen LogP contribution in [0.5, 0.6) is 0 Å². The molecule has 2 aliphatic heterocycles. The van der Waals surface area contributed by atoms with Crippen molar-refractivity contribution in [1.82, 2.24) is 0 Å². The summed E-state index contributed by atoms with van der Waals surface area (Å²) in [6.45, 7) is -2.85. The third-order valence-electron chi connectivity index (χ3n) is 5.00. The molecule has 2 aliphatic rings. The fourth-order valence-electron chi connectivity index (χ4n) is 3.60. The van der Waals surface area contributed by atoms with Crippen LogP contribution in [0.25, 0.3) is 0 Å². The molecule has 0 aliphatic carbocycles. The highest BCUT2D eigenvalue weighted by atomic mass is 33.1. The minimum absolute atomic E-state index is 0.461. The fraction of sp³-hybridized carbons (Fsp3) is 1.00. The van der Waals surface area contributed by atoms with E-state index in [-0.39, 0.29) is 0 Å². The summed E-state index contributed by atoms with van der Waals surface area (Å²) < 4.78 is 191. The predicted octanol–water partition coefficient (Wildman–Crippen LogP) is -5.55. The molecule has 0 saturated carbocycles. The first-order valence-electron chi connectivity index (χ1n) is 10.4. The molecule has 0 aromatic carbocycles. The summed E-state index contributed by atoms with van der Waals surface area (Å²) in [6, 6.07) is 0. The van der Waals surface area contributed by atoms with Crippen LogP contribution in [-0.2, 0) is 81.7 Å². The smallest absolute Gasteiger partial charge is 0.394 e. The van der Waals surface area contributed by atoms with Crippen LogP contribution in [0.15, 0.2) is 0 Å². The number of hydrogen-bond acceptors (Lipinski definition) is 21. The Bertz CT molecular complexity index is 1500. The Hall–Kier alpha value is -0.500. The lowest BCUT2D eigenvalue weighted by Gasteiger charge is -2.47. The van der Waals surface area contributed by atoms with Crippen LogP contribution < -0.4 is 0 Å². The normalized spacial score (nSPS) is 35.1. The largest absolute Gasteiger partial charge is 0.397 e. The number of aliphatic hydroxyl groups excluding tert-OH is 3. The average Bonchev–Trinajstić information content (AvgIpc) is 2.77. The molecule has 0 spiro atoms. The zero-order valence-corrected chi connectivity index (χ0v) is 25.1. The van der Waals surface area contributed by atoms with Crippen molar-refractivity contribution < 1.29 is 111 Å². The van der Waals surface area contributed by atoms with Gasteiger partial charge in [-0.05, 0) is 0 Å². The molecule has 10 atom stereocenters. The van der Waals surface area contributed by atoms with Crippen LogP contribution in [0.4, 0.5) is 0 Å². The Morgan fingerprint density at radius 2 is 1.09 bits per heavy atom. The van der Waals surface area contributed by atoms with E-state index in [1.165, 1.54) is 0 Å². The van der Waals surface area contributed by atoms with Crippen LogP contribution in [-0.4, -0.2) is 154 Å². The highest BCUT2D eigenvalue weighted by Gasteiger charge is 2.56. The summed E-state index contributed by atoms with van der Waals surface area (Å²) in [4.78, 5) is 0. The average molecular weight is 759 g/mol.